The van der Waals surface area contributed by atoms with Gasteiger partial charge in [0.25, 0.3) is 0 Å². The molecule has 0 atom stereocenters. The van der Waals surface area contributed by atoms with Gasteiger partial charge in [0.05, 0.1) is 5.02 Å². The van der Waals surface area contributed by atoms with Gasteiger partial charge in [-0.3, -0.25) is 0 Å². The van der Waals surface area contributed by atoms with E-state index >= 15 is 0 Å². The second kappa shape index (κ2) is 5.23. The van der Waals surface area contributed by atoms with Crippen molar-refractivity contribution >= 4 is 34.2 Å². The molecule has 1 aliphatic heterocycles. The third-order valence-electron chi connectivity index (χ3n) is 3.22. The smallest absolute Gasteiger partial charge is 0.231 e. The van der Waals surface area contributed by atoms with E-state index in [-0.39, 0.29) is 13.4 Å². The molecule has 0 fully saturated rings. The van der Waals surface area contributed by atoms with Crippen molar-refractivity contribution in [3.05, 3.63) is 45.9 Å². The van der Waals surface area contributed by atoms with Crippen LogP contribution in [0.1, 0.15) is 5.56 Å². The van der Waals surface area contributed by atoms with Crippen LogP contribution in [0.4, 0.5) is 0 Å². The highest BCUT2D eigenvalue weighted by atomic mass is 35.5. The molecule has 0 N–H and O–H groups in total. The van der Waals surface area contributed by atoms with Crippen LogP contribution in [-0.2, 0) is 6.61 Å². The molecule has 0 amide bonds. The molecular formula is C14H9Cl2N3O3. The third-order valence-corrected chi connectivity index (χ3v) is 3.73. The maximum absolute atomic E-state index is 6.14. The summed E-state index contributed by atoms with van der Waals surface area (Å²) in [5.41, 5.74) is 2.23. The number of halogens is 2. The quantitative estimate of drug-likeness (QED) is 0.735. The van der Waals surface area contributed by atoms with E-state index in [2.05, 4.69) is 10.3 Å². The molecule has 0 unspecified atom stereocenters. The van der Waals surface area contributed by atoms with Crippen molar-refractivity contribution < 1.29 is 14.3 Å². The summed E-state index contributed by atoms with van der Waals surface area (Å²) in [7, 11) is 0. The molecule has 1 aromatic heterocycles. The van der Waals surface area contributed by atoms with Crippen molar-refractivity contribution in [1.29, 1.82) is 0 Å². The summed E-state index contributed by atoms with van der Waals surface area (Å²) in [5, 5.41) is 9.02. The number of benzene rings is 2. The summed E-state index contributed by atoms with van der Waals surface area (Å²) in [4.78, 5) is 6.98. The molecule has 4 rings (SSSR count). The Labute approximate surface area is 135 Å². The number of fused-ring (bicyclic) bond motifs is 2. The van der Waals surface area contributed by atoms with Crippen LogP contribution in [0.15, 0.2) is 30.3 Å². The second-order valence-electron chi connectivity index (χ2n) is 4.68. The van der Waals surface area contributed by atoms with Gasteiger partial charge >= 0.3 is 0 Å². The van der Waals surface area contributed by atoms with Crippen molar-refractivity contribution in [2.45, 2.75) is 6.61 Å². The summed E-state index contributed by atoms with van der Waals surface area (Å²) < 4.78 is 10.6. The fourth-order valence-corrected chi connectivity index (χ4v) is 2.66. The minimum absolute atomic E-state index is 0.172. The van der Waals surface area contributed by atoms with Crippen molar-refractivity contribution in [2.75, 3.05) is 6.79 Å². The van der Waals surface area contributed by atoms with Gasteiger partial charge in [-0.05, 0) is 41.1 Å². The van der Waals surface area contributed by atoms with E-state index < -0.39 is 0 Å². The fourth-order valence-electron chi connectivity index (χ4n) is 2.21. The lowest BCUT2D eigenvalue weighted by molar-refractivity contribution is 0.0750. The highest BCUT2D eigenvalue weighted by Gasteiger charge is 2.18. The Morgan fingerprint density at radius 2 is 2.09 bits per heavy atom. The summed E-state index contributed by atoms with van der Waals surface area (Å²) in [6, 6.07) is 8.85. The van der Waals surface area contributed by atoms with Crippen LogP contribution in [0.2, 0.25) is 10.0 Å². The lowest BCUT2D eigenvalue weighted by Crippen LogP contribution is -2.12. The van der Waals surface area contributed by atoms with Gasteiger partial charge in [-0.1, -0.05) is 28.0 Å². The molecule has 0 saturated carbocycles. The van der Waals surface area contributed by atoms with E-state index in [1.165, 1.54) is 4.85 Å². The molecule has 2 heterocycles. The van der Waals surface area contributed by atoms with E-state index in [1.807, 2.05) is 6.07 Å². The molecule has 112 valence electrons. The van der Waals surface area contributed by atoms with Gasteiger partial charge in [-0.25, -0.2) is 0 Å². The van der Waals surface area contributed by atoms with Crippen molar-refractivity contribution in [2.24, 2.45) is 0 Å². The zero-order chi connectivity index (χ0) is 15.1. The fraction of sp³-hybridized carbons (Fsp3) is 0.143. The largest absolute Gasteiger partial charge is 0.454 e. The first kappa shape index (κ1) is 13.5. The highest BCUT2D eigenvalue weighted by Crippen LogP contribution is 2.39. The van der Waals surface area contributed by atoms with Gasteiger partial charge in [0.15, 0.2) is 11.5 Å². The predicted octanol–water partition coefficient (Wildman–Crippen LogP) is 3.10. The maximum atomic E-state index is 6.14. The molecule has 0 bridgehead atoms. The Kier molecular flexibility index (Phi) is 3.20. The number of aromatic nitrogens is 3. The maximum Gasteiger partial charge on any atom is 0.231 e. The summed E-state index contributed by atoms with van der Waals surface area (Å²) >= 11 is 12.1. The van der Waals surface area contributed by atoms with E-state index in [0.717, 1.165) is 5.56 Å². The van der Waals surface area contributed by atoms with Crippen LogP contribution < -0.4 is 14.3 Å². The van der Waals surface area contributed by atoms with E-state index in [4.69, 9.17) is 37.5 Å². The first-order valence-electron chi connectivity index (χ1n) is 6.43. The average Bonchev–Trinajstić information content (AvgIpc) is 3.11. The SMILES string of the molecule is Clc1ccc2nnn(OCc3cc(Cl)c4c(c3)OCO4)c2c1. The van der Waals surface area contributed by atoms with Gasteiger partial charge in [0.2, 0.25) is 6.79 Å². The summed E-state index contributed by atoms with van der Waals surface area (Å²) in [6.07, 6.45) is 0. The van der Waals surface area contributed by atoms with Gasteiger partial charge in [-0.15, -0.1) is 5.10 Å². The van der Waals surface area contributed by atoms with Gasteiger partial charge < -0.3 is 14.3 Å². The molecule has 0 saturated heterocycles. The third kappa shape index (κ3) is 2.30. The molecule has 8 heteroatoms. The molecule has 0 aliphatic carbocycles. The zero-order valence-electron chi connectivity index (χ0n) is 11.1. The van der Waals surface area contributed by atoms with Crippen LogP contribution in [0.3, 0.4) is 0 Å². The number of hydrogen-bond donors (Lipinski definition) is 0. The zero-order valence-corrected chi connectivity index (χ0v) is 12.6. The standard InChI is InChI=1S/C14H9Cl2N3O3/c15-9-1-2-11-12(5-9)19(18-17-11)22-6-8-3-10(16)14-13(4-8)20-7-21-14/h1-5H,6-7H2. The Balaban J connectivity index is 1.59. The molecular weight excluding hydrogens is 329 g/mol. The first-order valence-corrected chi connectivity index (χ1v) is 7.18. The molecule has 6 nitrogen and oxygen atoms in total. The molecule has 1 aliphatic rings. The van der Waals surface area contributed by atoms with Gasteiger partial charge in [-0.2, -0.15) is 0 Å². The topological polar surface area (TPSA) is 58.4 Å². The van der Waals surface area contributed by atoms with Crippen LogP contribution in [0, 0.1) is 0 Å². The normalized spacial score (nSPS) is 12.8. The van der Waals surface area contributed by atoms with E-state index in [9.17, 15) is 0 Å². The lowest BCUT2D eigenvalue weighted by atomic mass is 10.2. The molecule has 22 heavy (non-hydrogen) atoms. The Bertz CT molecular complexity index is 866. The van der Waals surface area contributed by atoms with Crippen LogP contribution in [0.25, 0.3) is 11.0 Å². The van der Waals surface area contributed by atoms with Crippen molar-refractivity contribution in [3.8, 4) is 11.5 Å². The molecule has 0 spiro atoms. The van der Waals surface area contributed by atoms with Crippen LogP contribution in [0.5, 0.6) is 11.5 Å². The van der Waals surface area contributed by atoms with E-state index in [0.29, 0.717) is 32.6 Å². The minimum atomic E-state index is 0.172. The first-order chi connectivity index (χ1) is 10.7. The molecule has 2 aromatic carbocycles. The Hall–Kier alpha value is -2.18. The second-order valence-corrected chi connectivity index (χ2v) is 5.52. The minimum Gasteiger partial charge on any atom is -0.454 e. The Morgan fingerprint density at radius 1 is 1.18 bits per heavy atom. The van der Waals surface area contributed by atoms with Crippen LogP contribution in [-0.4, -0.2) is 22.0 Å². The number of ether oxygens (including phenoxy) is 2. The summed E-state index contributed by atoms with van der Waals surface area (Å²) in [6.45, 7) is 0.424. The molecule has 0 radical (unpaired) electrons. The lowest BCUT2D eigenvalue weighted by Gasteiger charge is -2.07. The van der Waals surface area contributed by atoms with E-state index in [1.54, 1.807) is 24.3 Å². The average molecular weight is 338 g/mol. The molecule has 3 aromatic rings. The monoisotopic (exact) mass is 337 g/mol. The van der Waals surface area contributed by atoms with Crippen LogP contribution >= 0.6 is 23.2 Å². The highest BCUT2D eigenvalue weighted by molar-refractivity contribution is 6.32. The Morgan fingerprint density at radius 3 is 3.00 bits per heavy atom. The number of hydrogen-bond acceptors (Lipinski definition) is 5. The van der Waals surface area contributed by atoms with Gasteiger partial charge in [0, 0.05) is 5.02 Å². The van der Waals surface area contributed by atoms with Gasteiger partial charge in [0.1, 0.15) is 17.6 Å². The summed E-state index contributed by atoms with van der Waals surface area (Å²) in [5.74, 6) is 1.17. The van der Waals surface area contributed by atoms with Crippen molar-refractivity contribution in [3.63, 3.8) is 0 Å². The van der Waals surface area contributed by atoms with Crippen molar-refractivity contribution in [1.82, 2.24) is 15.2 Å². The number of rotatable bonds is 3. The predicted molar refractivity (Wildman–Crippen MR) is 80.4 cm³/mol. The number of nitrogens with zero attached hydrogens (tertiary/aromatic N) is 3.